The lowest BCUT2D eigenvalue weighted by Crippen LogP contribution is -2.31. The van der Waals surface area contributed by atoms with E-state index in [1.165, 1.54) is 4.88 Å². The number of aliphatic carboxylic acids is 1. The van der Waals surface area contributed by atoms with Gasteiger partial charge in [-0.25, -0.2) is 0 Å². The molecule has 1 aromatic rings. The summed E-state index contributed by atoms with van der Waals surface area (Å²) in [5.41, 5.74) is 0. The zero-order valence-corrected chi connectivity index (χ0v) is 11.1. The number of nitrogens with zero attached hydrogens (tertiary/aromatic N) is 1. The van der Waals surface area contributed by atoms with Crippen LogP contribution in [0.2, 0.25) is 0 Å². The number of hydrogen-bond acceptors (Lipinski definition) is 3. The van der Waals surface area contributed by atoms with Crippen molar-refractivity contribution in [1.82, 2.24) is 4.90 Å². The van der Waals surface area contributed by atoms with Crippen molar-refractivity contribution in [2.24, 2.45) is 0 Å². The molecule has 0 amide bonds. The minimum absolute atomic E-state index is 0.0905. The number of thiophene rings is 1. The quantitative estimate of drug-likeness (QED) is 0.907. The molecule has 0 fully saturated rings. The van der Waals surface area contributed by atoms with Crippen LogP contribution in [-0.4, -0.2) is 29.1 Å². The molecule has 0 aliphatic rings. The Labute approximate surface area is 102 Å². The molecule has 15 heavy (non-hydrogen) atoms. The highest BCUT2D eigenvalue weighted by Gasteiger charge is 2.17. The molecule has 0 aliphatic carbocycles. The minimum Gasteiger partial charge on any atom is -0.480 e. The largest absolute Gasteiger partial charge is 0.480 e. The Balaban J connectivity index is 2.72. The topological polar surface area (TPSA) is 40.5 Å². The number of halogens is 1. The summed E-state index contributed by atoms with van der Waals surface area (Å²) in [6.07, 6.45) is 0. The van der Waals surface area contributed by atoms with E-state index in [0.29, 0.717) is 0 Å². The van der Waals surface area contributed by atoms with Crippen molar-refractivity contribution < 1.29 is 9.90 Å². The molecule has 1 rings (SSSR count). The number of hydrogen-bond donors (Lipinski definition) is 1. The van der Waals surface area contributed by atoms with Crippen molar-refractivity contribution in [3.8, 4) is 0 Å². The Morgan fingerprint density at radius 1 is 1.67 bits per heavy atom. The highest BCUT2D eigenvalue weighted by molar-refractivity contribution is 9.11. The zero-order chi connectivity index (χ0) is 11.4. The van der Waals surface area contributed by atoms with E-state index in [4.69, 9.17) is 5.11 Å². The number of rotatable bonds is 5. The molecule has 0 bridgehead atoms. The molecule has 0 spiro atoms. The second-order valence-electron chi connectivity index (χ2n) is 3.27. The van der Waals surface area contributed by atoms with Crippen LogP contribution in [0.25, 0.3) is 0 Å². The van der Waals surface area contributed by atoms with Gasteiger partial charge in [-0.15, -0.1) is 11.3 Å². The molecule has 3 nitrogen and oxygen atoms in total. The summed E-state index contributed by atoms with van der Waals surface area (Å²) < 4.78 is 1.08. The Kier molecular flexibility index (Phi) is 4.76. The second-order valence-corrected chi connectivity index (χ2v) is 5.77. The third-order valence-electron chi connectivity index (χ3n) is 2.30. The summed E-state index contributed by atoms with van der Waals surface area (Å²) >= 11 is 5.05. The van der Waals surface area contributed by atoms with Crippen LogP contribution in [0.1, 0.15) is 24.8 Å². The molecule has 0 saturated carbocycles. The molecule has 0 saturated heterocycles. The molecule has 0 radical (unpaired) electrons. The van der Waals surface area contributed by atoms with Crippen molar-refractivity contribution in [2.45, 2.75) is 19.9 Å². The van der Waals surface area contributed by atoms with Crippen molar-refractivity contribution >= 4 is 33.2 Å². The fourth-order valence-electron chi connectivity index (χ4n) is 1.43. The van der Waals surface area contributed by atoms with Crippen LogP contribution < -0.4 is 0 Å². The smallest absolute Gasteiger partial charge is 0.317 e. The summed E-state index contributed by atoms with van der Waals surface area (Å²) in [4.78, 5) is 13.8. The molecule has 1 unspecified atom stereocenters. The van der Waals surface area contributed by atoms with Crippen molar-refractivity contribution in [3.63, 3.8) is 0 Å². The highest BCUT2D eigenvalue weighted by atomic mass is 79.9. The molecule has 84 valence electrons. The van der Waals surface area contributed by atoms with Crippen molar-refractivity contribution in [2.75, 3.05) is 13.1 Å². The standard InChI is InChI=1S/C10H14BrNO2S/c1-3-12(6-10(13)14)7(2)8-4-5-9(11)15-8/h4-5,7H,3,6H2,1-2H3,(H,13,14). The van der Waals surface area contributed by atoms with E-state index in [-0.39, 0.29) is 12.6 Å². The van der Waals surface area contributed by atoms with E-state index >= 15 is 0 Å². The number of likely N-dealkylation sites (N-methyl/N-ethyl adjacent to an activating group) is 1. The van der Waals surface area contributed by atoms with Gasteiger partial charge in [0, 0.05) is 10.9 Å². The first-order valence-corrected chi connectivity index (χ1v) is 6.36. The van der Waals surface area contributed by atoms with Crippen molar-refractivity contribution in [1.29, 1.82) is 0 Å². The van der Waals surface area contributed by atoms with E-state index < -0.39 is 5.97 Å². The first kappa shape index (κ1) is 12.7. The first-order valence-electron chi connectivity index (χ1n) is 4.75. The van der Waals surface area contributed by atoms with Gasteiger partial charge in [0.15, 0.2) is 0 Å². The molecule has 1 N–H and O–H groups in total. The SMILES string of the molecule is CCN(CC(=O)O)C(C)c1ccc(Br)s1. The van der Waals surface area contributed by atoms with Crippen LogP contribution in [0.3, 0.4) is 0 Å². The fourth-order valence-corrected chi connectivity index (χ4v) is 2.94. The van der Waals surface area contributed by atoms with E-state index in [9.17, 15) is 4.79 Å². The molecular formula is C10H14BrNO2S. The van der Waals surface area contributed by atoms with Crippen LogP contribution in [0.5, 0.6) is 0 Å². The lowest BCUT2D eigenvalue weighted by Gasteiger charge is -2.24. The zero-order valence-electron chi connectivity index (χ0n) is 8.74. The summed E-state index contributed by atoms with van der Waals surface area (Å²) in [5.74, 6) is -0.778. The highest BCUT2D eigenvalue weighted by Crippen LogP contribution is 2.30. The van der Waals surface area contributed by atoms with E-state index in [2.05, 4.69) is 15.9 Å². The molecule has 1 heterocycles. The maximum atomic E-state index is 10.7. The predicted molar refractivity (Wildman–Crippen MR) is 65.3 cm³/mol. The maximum absolute atomic E-state index is 10.7. The van der Waals surface area contributed by atoms with Crippen LogP contribution >= 0.6 is 27.3 Å². The third kappa shape index (κ3) is 3.59. The summed E-state index contributed by atoms with van der Waals surface area (Å²) in [6, 6.07) is 4.18. The van der Waals surface area contributed by atoms with Gasteiger partial charge >= 0.3 is 5.97 Å². The second kappa shape index (κ2) is 5.63. The molecular weight excluding hydrogens is 278 g/mol. The van der Waals surface area contributed by atoms with Crippen LogP contribution in [-0.2, 0) is 4.79 Å². The Hall–Kier alpha value is -0.390. The molecule has 1 atom stereocenters. The van der Waals surface area contributed by atoms with Gasteiger partial charge < -0.3 is 5.11 Å². The Bertz CT molecular complexity index is 340. The van der Waals surface area contributed by atoms with Gasteiger partial charge in [0.25, 0.3) is 0 Å². The average molecular weight is 292 g/mol. The van der Waals surface area contributed by atoms with Crippen LogP contribution in [0, 0.1) is 0 Å². The van der Waals surface area contributed by atoms with Gasteiger partial charge in [-0.3, -0.25) is 9.69 Å². The van der Waals surface area contributed by atoms with Gasteiger partial charge in [-0.2, -0.15) is 0 Å². The van der Waals surface area contributed by atoms with Crippen LogP contribution in [0.4, 0.5) is 0 Å². The van der Waals surface area contributed by atoms with Crippen molar-refractivity contribution in [3.05, 3.63) is 20.8 Å². The van der Waals surface area contributed by atoms with Gasteiger partial charge in [0.1, 0.15) is 0 Å². The number of carboxylic acids is 1. The first-order chi connectivity index (χ1) is 7.04. The number of carbonyl (C=O) groups is 1. The van der Waals surface area contributed by atoms with E-state index in [0.717, 1.165) is 10.3 Å². The summed E-state index contributed by atoms with van der Waals surface area (Å²) in [7, 11) is 0. The lowest BCUT2D eigenvalue weighted by atomic mass is 10.2. The predicted octanol–water partition coefficient (Wildman–Crippen LogP) is 2.98. The minimum atomic E-state index is -0.778. The number of carboxylic acid groups (broad SMARTS) is 1. The summed E-state index contributed by atoms with van der Waals surface area (Å²) in [6.45, 7) is 4.84. The third-order valence-corrected chi connectivity index (χ3v) is 4.09. The Morgan fingerprint density at radius 2 is 2.33 bits per heavy atom. The maximum Gasteiger partial charge on any atom is 0.317 e. The van der Waals surface area contributed by atoms with Gasteiger partial charge in [-0.1, -0.05) is 6.92 Å². The van der Waals surface area contributed by atoms with E-state index in [1.54, 1.807) is 11.3 Å². The molecule has 0 aromatic carbocycles. The van der Waals surface area contributed by atoms with Gasteiger partial charge in [0.2, 0.25) is 0 Å². The summed E-state index contributed by atoms with van der Waals surface area (Å²) in [5, 5.41) is 8.77. The average Bonchev–Trinajstić information content (AvgIpc) is 2.60. The lowest BCUT2D eigenvalue weighted by molar-refractivity contribution is -0.138. The van der Waals surface area contributed by atoms with Crippen LogP contribution in [0.15, 0.2) is 15.9 Å². The molecule has 5 heteroatoms. The monoisotopic (exact) mass is 291 g/mol. The van der Waals surface area contributed by atoms with Gasteiger partial charge in [0.05, 0.1) is 10.3 Å². The molecule has 0 aliphatic heterocycles. The fraction of sp³-hybridized carbons (Fsp3) is 0.500. The van der Waals surface area contributed by atoms with E-state index in [1.807, 2.05) is 30.9 Å². The molecule has 1 aromatic heterocycles. The Morgan fingerprint density at radius 3 is 2.73 bits per heavy atom. The normalized spacial score (nSPS) is 13.1. The van der Waals surface area contributed by atoms with Gasteiger partial charge in [-0.05, 0) is 41.5 Å².